The van der Waals surface area contributed by atoms with Crippen LogP contribution >= 0.6 is 0 Å². The maximum Gasteiger partial charge on any atom is 0.418 e. The van der Waals surface area contributed by atoms with Crippen molar-refractivity contribution < 1.29 is 26.3 Å². The van der Waals surface area contributed by atoms with E-state index in [1.54, 1.807) is 0 Å². The van der Waals surface area contributed by atoms with Gasteiger partial charge >= 0.3 is 12.4 Å². The van der Waals surface area contributed by atoms with E-state index in [-0.39, 0.29) is 12.1 Å². The summed E-state index contributed by atoms with van der Waals surface area (Å²) in [6.07, 6.45) is -9.66. The molecule has 10 heteroatoms. The molecule has 144 valence electrons. The van der Waals surface area contributed by atoms with Crippen molar-refractivity contribution in [3.63, 3.8) is 0 Å². The molecule has 0 amide bonds. The van der Waals surface area contributed by atoms with E-state index in [1.165, 1.54) is 0 Å². The number of rotatable bonds is 0. The van der Waals surface area contributed by atoms with Crippen molar-refractivity contribution in [2.24, 2.45) is 0 Å². The fourth-order valence-corrected chi connectivity index (χ4v) is 1.99. The van der Waals surface area contributed by atoms with Gasteiger partial charge in [0.05, 0.1) is 11.1 Å². The number of halogens is 6. The number of hydrogen-bond donors (Lipinski definition) is 4. The van der Waals surface area contributed by atoms with E-state index in [0.717, 1.165) is 22.5 Å². The molecular weight excluding hydrogens is 362 g/mol. The average molecular weight is 380 g/mol. The number of nitrogen functional groups attached to an aromatic ring is 4. The van der Waals surface area contributed by atoms with Gasteiger partial charge in [-0.2, -0.15) is 26.3 Å². The van der Waals surface area contributed by atoms with Gasteiger partial charge in [-0.3, -0.25) is 0 Å². The minimum Gasteiger partial charge on any atom is -0.399 e. The van der Waals surface area contributed by atoms with Gasteiger partial charge in [0.25, 0.3) is 0 Å². The zero-order chi connectivity index (χ0) is 20.4. The van der Waals surface area contributed by atoms with Gasteiger partial charge in [0.15, 0.2) is 0 Å². The zero-order valence-electron chi connectivity index (χ0n) is 13.9. The van der Waals surface area contributed by atoms with Gasteiger partial charge in [-0.15, -0.1) is 0 Å². The first-order valence-electron chi connectivity index (χ1n) is 7.10. The van der Waals surface area contributed by atoms with Gasteiger partial charge in [-0.25, -0.2) is 0 Å². The Kier molecular flexibility index (Phi) is 5.91. The highest BCUT2D eigenvalue weighted by Crippen LogP contribution is 2.40. The monoisotopic (exact) mass is 380 g/mol. The summed E-state index contributed by atoms with van der Waals surface area (Å²) >= 11 is 0. The Labute approximate surface area is 145 Å². The van der Waals surface area contributed by atoms with Gasteiger partial charge in [0.1, 0.15) is 0 Å². The van der Waals surface area contributed by atoms with Crippen LogP contribution in [-0.2, 0) is 12.4 Å². The summed E-state index contributed by atoms with van der Waals surface area (Å²) in [5.74, 6) is 0. The van der Waals surface area contributed by atoms with Crippen molar-refractivity contribution in [2.45, 2.75) is 26.2 Å². The van der Waals surface area contributed by atoms with Crippen LogP contribution in [0.25, 0.3) is 0 Å². The van der Waals surface area contributed by atoms with Crippen LogP contribution in [0.1, 0.15) is 22.3 Å². The largest absolute Gasteiger partial charge is 0.418 e. The average Bonchev–Trinajstić information content (AvgIpc) is 2.46. The van der Waals surface area contributed by atoms with Crippen molar-refractivity contribution in [3.05, 3.63) is 46.5 Å². The topological polar surface area (TPSA) is 104 Å². The van der Waals surface area contributed by atoms with E-state index in [0.29, 0.717) is 0 Å². The Balaban J connectivity index is 0.000000289. The van der Waals surface area contributed by atoms with Crippen LogP contribution in [0.5, 0.6) is 0 Å². The van der Waals surface area contributed by atoms with Crippen LogP contribution in [0.4, 0.5) is 49.1 Å². The molecule has 0 saturated heterocycles. The second-order valence-corrected chi connectivity index (χ2v) is 5.59. The van der Waals surface area contributed by atoms with Crippen molar-refractivity contribution in [1.82, 2.24) is 0 Å². The number of aryl methyl sites for hydroxylation is 2. The first-order valence-corrected chi connectivity index (χ1v) is 7.10. The van der Waals surface area contributed by atoms with E-state index in [9.17, 15) is 26.3 Å². The van der Waals surface area contributed by atoms with E-state index >= 15 is 0 Å². The molecular formula is C16H18F6N4. The molecule has 0 spiro atoms. The number of nitrogens with two attached hydrogens (primary N) is 4. The van der Waals surface area contributed by atoms with Gasteiger partial charge in [-0.05, 0) is 49.2 Å². The molecule has 26 heavy (non-hydrogen) atoms. The maximum atomic E-state index is 12.2. The Morgan fingerprint density at radius 1 is 0.538 bits per heavy atom. The van der Waals surface area contributed by atoms with E-state index in [2.05, 4.69) is 0 Å². The second-order valence-electron chi connectivity index (χ2n) is 5.59. The molecule has 0 aliphatic rings. The molecule has 0 atom stereocenters. The number of anilines is 4. The lowest BCUT2D eigenvalue weighted by molar-refractivity contribution is -0.140. The van der Waals surface area contributed by atoms with Crippen LogP contribution in [0.2, 0.25) is 0 Å². The highest BCUT2D eigenvalue weighted by atomic mass is 19.4. The molecule has 4 nitrogen and oxygen atoms in total. The molecule has 2 aromatic rings. The number of alkyl halides is 6. The summed E-state index contributed by atoms with van der Waals surface area (Å²) in [7, 11) is 0. The molecule has 0 aliphatic carbocycles. The molecule has 0 unspecified atom stereocenters. The Hall–Kier alpha value is -2.78. The fraction of sp³-hybridized carbons (Fsp3) is 0.250. The lowest BCUT2D eigenvalue weighted by Crippen LogP contribution is -2.15. The smallest absolute Gasteiger partial charge is 0.399 e. The molecule has 2 rings (SSSR count). The fourth-order valence-electron chi connectivity index (χ4n) is 1.99. The summed E-state index contributed by atoms with van der Waals surface area (Å²) in [6.45, 7) is 3.90. The quantitative estimate of drug-likeness (QED) is 0.403. The van der Waals surface area contributed by atoms with Crippen LogP contribution in [-0.4, -0.2) is 0 Å². The van der Waals surface area contributed by atoms with Gasteiger partial charge in [0.2, 0.25) is 0 Å². The number of hydrogen-bond acceptors (Lipinski definition) is 4. The van der Waals surface area contributed by atoms with Gasteiger partial charge in [0, 0.05) is 22.7 Å². The summed E-state index contributed by atoms with van der Waals surface area (Å²) in [5, 5.41) is 0. The minimum absolute atomic E-state index is 0.179. The van der Waals surface area contributed by atoms with Gasteiger partial charge < -0.3 is 22.9 Å². The highest BCUT2D eigenvalue weighted by Gasteiger charge is 2.38. The van der Waals surface area contributed by atoms with Crippen molar-refractivity contribution in [3.8, 4) is 0 Å². The lowest BCUT2D eigenvalue weighted by atomic mass is 10.1. The van der Waals surface area contributed by atoms with E-state index in [4.69, 9.17) is 22.9 Å². The first-order chi connectivity index (χ1) is 11.6. The Bertz CT molecular complexity index is 707. The van der Waals surface area contributed by atoms with Crippen molar-refractivity contribution in [2.75, 3.05) is 22.9 Å². The van der Waals surface area contributed by atoms with Gasteiger partial charge in [-0.1, -0.05) is 0 Å². The third kappa shape index (κ3) is 5.11. The lowest BCUT2D eigenvalue weighted by Gasteiger charge is -2.15. The molecule has 2 aromatic carbocycles. The van der Waals surface area contributed by atoms with Crippen LogP contribution in [0.3, 0.4) is 0 Å². The summed E-state index contributed by atoms with van der Waals surface area (Å²) in [4.78, 5) is 0. The van der Waals surface area contributed by atoms with Crippen LogP contribution in [0, 0.1) is 13.8 Å². The predicted octanol–water partition coefficient (Wildman–Crippen LogP) is 4.36. The SMILES string of the molecule is Cc1cc(N)c(C)cc1N.Nc1cc(C(F)(F)F)c(N)cc1C(F)(F)F. The third-order valence-corrected chi connectivity index (χ3v) is 3.49. The second kappa shape index (κ2) is 7.22. The van der Waals surface area contributed by atoms with Crippen molar-refractivity contribution >= 4 is 22.7 Å². The zero-order valence-corrected chi connectivity index (χ0v) is 13.9. The summed E-state index contributed by atoms with van der Waals surface area (Å²) < 4.78 is 73.4. The predicted molar refractivity (Wildman–Crippen MR) is 90.0 cm³/mol. The Morgan fingerprint density at radius 2 is 0.808 bits per heavy atom. The number of benzene rings is 2. The maximum absolute atomic E-state index is 12.2. The molecule has 0 heterocycles. The summed E-state index contributed by atoms with van der Waals surface area (Å²) in [6, 6.07) is 4.14. The van der Waals surface area contributed by atoms with Crippen LogP contribution < -0.4 is 22.9 Å². The first kappa shape index (κ1) is 21.3. The van der Waals surface area contributed by atoms with E-state index < -0.39 is 34.9 Å². The molecule has 0 fully saturated rings. The molecule has 8 N–H and O–H groups in total. The molecule has 0 radical (unpaired) electrons. The molecule has 0 aromatic heterocycles. The molecule has 0 saturated carbocycles. The highest BCUT2D eigenvalue weighted by molar-refractivity contribution is 5.62. The third-order valence-electron chi connectivity index (χ3n) is 3.49. The van der Waals surface area contributed by atoms with E-state index in [1.807, 2.05) is 26.0 Å². The standard InChI is InChI=1S/C8H6F6N2.C8H12N2/c9-7(10,11)3-1-5(15)4(2-6(3)16)8(12,13)14;1-5-3-8(10)6(2)4-7(5)9/h1-2H,15-16H2;3-4H,9-10H2,1-2H3. The summed E-state index contributed by atoms with van der Waals surface area (Å²) in [5.41, 5.74) is 20.0. The van der Waals surface area contributed by atoms with Crippen LogP contribution in [0.15, 0.2) is 24.3 Å². The molecule has 0 bridgehead atoms. The van der Waals surface area contributed by atoms with Crippen molar-refractivity contribution in [1.29, 1.82) is 0 Å². The minimum atomic E-state index is -4.83. The molecule has 0 aliphatic heterocycles. The Morgan fingerprint density at radius 3 is 1.04 bits per heavy atom. The normalized spacial score (nSPS) is 11.7.